The summed E-state index contributed by atoms with van der Waals surface area (Å²) >= 11 is 6.32. The molecule has 36 heavy (non-hydrogen) atoms. The van der Waals surface area contributed by atoms with Gasteiger partial charge in [-0.05, 0) is 42.5 Å². The minimum atomic E-state index is -0.0524. The maximum absolute atomic E-state index is 11.6. The Morgan fingerprint density at radius 3 is 2.67 bits per heavy atom. The van der Waals surface area contributed by atoms with Crippen molar-refractivity contribution in [2.24, 2.45) is 0 Å². The first-order chi connectivity index (χ1) is 17.6. The number of carbonyl (C=O) groups is 1. The Bertz CT molecular complexity index is 1230. The first-order valence-electron chi connectivity index (χ1n) is 11.9. The normalized spacial score (nSPS) is 15.7. The van der Waals surface area contributed by atoms with Gasteiger partial charge in [0.15, 0.2) is 0 Å². The summed E-state index contributed by atoms with van der Waals surface area (Å²) in [6, 6.07) is 15.9. The van der Waals surface area contributed by atoms with E-state index in [0.29, 0.717) is 29.8 Å². The van der Waals surface area contributed by atoms with Crippen LogP contribution >= 0.6 is 11.6 Å². The van der Waals surface area contributed by atoms with Crippen molar-refractivity contribution >= 4 is 40.5 Å². The lowest BCUT2D eigenvalue weighted by Crippen LogP contribution is -2.56. The van der Waals surface area contributed by atoms with E-state index in [1.54, 1.807) is 4.90 Å². The minimum Gasteiger partial charge on any atom is -0.437 e. The Balaban J connectivity index is 1.21. The van der Waals surface area contributed by atoms with Crippen LogP contribution in [0.5, 0.6) is 11.6 Å². The second kappa shape index (κ2) is 10.8. The van der Waals surface area contributed by atoms with E-state index in [9.17, 15) is 4.79 Å². The number of hydrogen-bond donors (Lipinski definition) is 3. The number of likely N-dealkylation sites (tertiary alicyclic amines) is 1. The summed E-state index contributed by atoms with van der Waals surface area (Å²) in [6.45, 7) is 8.79. The van der Waals surface area contributed by atoms with Crippen molar-refractivity contribution in [2.45, 2.75) is 6.04 Å². The van der Waals surface area contributed by atoms with Crippen LogP contribution in [0.3, 0.4) is 0 Å². The largest absolute Gasteiger partial charge is 0.437 e. The van der Waals surface area contributed by atoms with Crippen molar-refractivity contribution in [2.75, 3.05) is 54.8 Å². The number of nitrogens with zero attached hydrogens (tertiary/aromatic N) is 4. The number of benzene rings is 2. The lowest BCUT2D eigenvalue weighted by Gasteiger charge is -2.39. The Kier molecular flexibility index (Phi) is 7.20. The number of aromatic nitrogens is 2. The zero-order valence-electron chi connectivity index (χ0n) is 19.8. The molecule has 186 valence electrons. The van der Waals surface area contributed by atoms with Crippen molar-refractivity contribution in [3.63, 3.8) is 0 Å². The molecule has 0 radical (unpaired) electrons. The van der Waals surface area contributed by atoms with Gasteiger partial charge in [0.1, 0.15) is 10.8 Å². The van der Waals surface area contributed by atoms with Gasteiger partial charge in [-0.25, -0.2) is 4.98 Å². The monoisotopic (exact) mass is 505 g/mol. The summed E-state index contributed by atoms with van der Waals surface area (Å²) in [5.74, 6) is 1.18. The van der Waals surface area contributed by atoms with Crippen LogP contribution in [0.1, 0.15) is 0 Å². The molecule has 0 unspecified atom stereocenters. The predicted octanol–water partition coefficient (Wildman–Crippen LogP) is 3.88. The van der Waals surface area contributed by atoms with E-state index >= 15 is 0 Å². The number of ether oxygens (including phenoxy) is 1. The molecule has 0 spiro atoms. The molecule has 9 nitrogen and oxygen atoms in total. The van der Waals surface area contributed by atoms with Gasteiger partial charge < -0.3 is 30.5 Å². The van der Waals surface area contributed by atoms with Crippen molar-refractivity contribution in [3.05, 3.63) is 72.4 Å². The second-order valence-electron chi connectivity index (χ2n) is 8.67. The maximum atomic E-state index is 11.6. The van der Waals surface area contributed by atoms with Gasteiger partial charge in [-0.15, -0.1) is 0 Å². The topological polar surface area (TPSA) is 94.7 Å². The second-order valence-corrected chi connectivity index (χ2v) is 9.08. The minimum absolute atomic E-state index is 0.0524. The summed E-state index contributed by atoms with van der Waals surface area (Å²) in [5, 5.41) is 10.3. The van der Waals surface area contributed by atoms with Gasteiger partial charge in [-0.3, -0.25) is 4.79 Å². The molecule has 3 N–H and O–H groups in total. The summed E-state index contributed by atoms with van der Waals surface area (Å²) in [6.07, 6.45) is 2.85. The van der Waals surface area contributed by atoms with E-state index in [2.05, 4.69) is 49.5 Å². The Morgan fingerprint density at radius 2 is 1.92 bits per heavy atom. The fourth-order valence-corrected chi connectivity index (χ4v) is 4.30. The molecular weight excluding hydrogens is 478 g/mol. The highest BCUT2D eigenvalue weighted by Crippen LogP contribution is 2.30. The fourth-order valence-electron chi connectivity index (χ4n) is 4.17. The van der Waals surface area contributed by atoms with Gasteiger partial charge in [0, 0.05) is 62.4 Å². The third kappa shape index (κ3) is 5.69. The van der Waals surface area contributed by atoms with Crippen molar-refractivity contribution in [1.29, 1.82) is 0 Å². The molecule has 3 aromatic rings. The number of hydrogen-bond acceptors (Lipinski definition) is 8. The van der Waals surface area contributed by atoms with Crippen LogP contribution in [0.25, 0.3) is 0 Å². The first-order valence-corrected chi connectivity index (χ1v) is 12.3. The average molecular weight is 506 g/mol. The van der Waals surface area contributed by atoms with Gasteiger partial charge in [-0.1, -0.05) is 24.2 Å². The van der Waals surface area contributed by atoms with Crippen LogP contribution in [-0.4, -0.2) is 66.1 Å². The lowest BCUT2D eigenvalue weighted by molar-refractivity contribution is -0.129. The number of carbonyl (C=O) groups excluding carboxylic acids is 1. The zero-order valence-corrected chi connectivity index (χ0v) is 20.5. The third-order valence-corrected chi connectivity index (χ3v) is 6.36. The molecule has 0 atom stereocenters. The molecule has 2 saturated heterocycles. The van der Waals surface area contributed by atoms with E-state index in [1.165, 1.54) is 18.0 Å². The SMILES string of the molecule is C=CC(=O)N1CC(Nc2cccc(Oc3nc(Nc4ccc(N5CCNCC5)cc4)ncc3Cl)c2)C1. The predicted molar refractivity (Wildman–Crippen MR) is 143 cm³/mol. The average Bonchev–Trinajstić information content (AvgIpc) is 2.89. The smallest absolute Gasteiger partial charge is 0.246 e. The maximum Gasteiger partial charge on any atom is 0.246 e. The van der Waals surface area contributed by atoms with Crippen LogP contribution in [0.4, 0.5) is 23.0 Å². The molecule has 0 bridgehead atoms. The number of nitrogens with one attached hydrogen (secondary N) is 3. The fraction of sp³-hybridized carbons (Fsp3) is 0.269. The van der Waals surface area contributed by atoms with E-state index in [-0.39, 0.29) is 17.8 Å². The molecule has 2 aliphatic rings. The molecule has 1 amide bonds. The Labute approximate surface area is 215 Å². The van der Waals surface area contributed by atoms with E-state index in [0.717, 1.165) is 37.6 Å². The number of amides is 1. The first kappa shape index (κ1) is 23.9. The Hall–Kier alpha value is -3.82. The standard InChI is InChI=1S/C26H28ClN7O2/c1-2-24(35)34-16-20(17-34)30-19-4-3-5-22(14-19)36-25-23(27)15-29-26(32-25)31-18-6-8-21(9-7-18)33-12-10-28-11-13-33/h2-9,14-15,20,28,30H,1,10-13,16-17H2,(H,29,31,32). The molecule has 5 rings (SSSR count). The summed E-state index contributed by atoms with van der Waals surface area (Å²) in [4.78, 5) is 24.5. The molecule has 0 aliphatic carbocycles. The molecule has 3 heterocycles. The summed E-state index contributed by atoms with van der Waals surface area (Å²) in [5.41, 5.74) is 2.95. The van der Waals surface area contributed by atoms with Crippen LogP contribution in [0.15, 0.2) is 67.4 Å². The van der Waals surface area contributed by atoms with Crippen molar-refractivity contribution < 1.29 is 9.53 Å². The Morgan fingerprint density at radius 1 is 1.14 bits per heavy atom. The molecule has 2 aromatic carbocycles. The highest BCUT2D eigenvalue weighted by Gasteiger charge is 2.29. The summed E-state index contributed by atoms with van der Waals surface area (Å²) < 4.78 is 5.98. The molecule has 1 aromatic heterocycles. The van der Waals surface area contributed by atoms with Crippen LogP contribution in [-0.2, 0) is 4.79 Å². The third-order valence-electron chi connectivity index (χ3n) is 6.10. The van der Waals surface area contributed by atoms with Crippen LogP contribution in [0.2, 0.25) is 5.02 Å². The van der Waals surface area contributed by atoms with Gasteiger partial charge in [0.05, 0.1) is 12.2 Å². The van der Waals surface area contributed by atoms with Crippen molar-refractivity contribution in [3.8, 4) is 11.6 Å². The number of halogens is 1. The highest BCUT2D eigenvalue weighted by molar-refractivity contribution is 6.31. The van der Waals surface area contributed by atoms with Crippen LogP contribution in [0, 0.1) is 0 Å². The van der Waals surface area contributed by atoms with E-state index in [1.807, 2.05) is 36.4 Å². The summed E-state index contributed by atoms with van der Waals surface area (Å²) in [7, 11) is 0. The van der Waals surface area contributed by atoms with Gasteiger partial charge in [-0.2, -0.15) is 4.98 Å². The molecule has 10 heteroatoms. The van der Waals surface area contributed by atoms with Gasteiger partial charge >= 0.3 is 0 Å². The van der Waals surface area contributed by atoms with Gasteiger partial charge in [0.2, 0.25) is 17.7 Å². The van der Waals surface area contributed by atoms with Crippen LogP contribution < -0.4 is 25.6 Å². The highest BCUT2D eigenvalue weighted by atomic mass is 35.5. The number of anilines is 4. The lowest BCUT2D eigenvalue weighted by atomic mass is 10.1. The molecule has 2 fully saturated rings. The molecule has 0 saturated carbocycles. The molecule has 2 aliphatic heterocycles. The number of piperazine rings is 1. The van der Waals surface area contributed by atoms with Crippen molar-refractivity contribution in [1.82, 2.24) is 20.2 Å². The zero-order chi connectivity index (χ0) is 24.9. The number of rotatable bonds is 8. The molecular formula is C26H28ClN7O2. The quantitative estimate of drug-likeness (QED) is 0.397. The van der Waals surface area contributed by atoms with E-state index < -0.39 is 0 Å². The van der Waals surface area contributed by atoms with E-state index in [4.69, 9.17) is 16.3 Å². The van der Waals surface area contributed by atoms with Gasteiger partial charge in [0.25, 0.3) is 0 Å².